The van der Waals surface area contributed by atoms with Gasteiger partial charge in [0.2, 0.25) is 0 Å². The van der Waals surface area contributed by atoms with E-state index in [1.165, 1.54) is 0 Å². The summed E-state index contributed by atoms with van der Waals surface area (Å²) < 4.78 is 27.3. The quantitative estimate of drug-likeness (QED) is 0.836. The first kappa shape index (κ1) is 15.4. The molecule has 0 bridgehead atoms. The average Bonchev–Trinajstić information content (AvgIpc) is 2.83. The minimum Gasteiger partial charge on any atom is -0.368 e. The second-order valence-corrected chi connectivity index (χ2v) is 6.49. The van der Waals surface area contributed by atoms with Crippen LogP contribution in [0.15, 0.2) is 6.07 Å². The molecule has 2 rings (SSSR count). The summed E-state index contributed by atoms with van der Waals surface area (Å²) in [6.07, 6.45) is 3.15. The van der Waals surface area contributed by atoms with Crippen LogP contribution in [-0.2, 0) is 0 Å². The zero-order valence-corrected chi connectivity index (χ0v) is 12.7. The molecule has 1 heterocycles. The third-order valence-electron chi connectivity index (χ3n) is 3.40. The fourth-order valence-corrected chi connectivity index (χ4v) is 3.65. The Labute approximate surface area is 122 Å². The lowest BCUT2D eigenvalue weighted by Crippen LogP contribution is -2.19. The van der Waals surface area contributed by atoms with E-state index < -0.39 is 11.6 Å². The van der Waals surface area contributed by atoms with Crippen LogP contribution in [-0.4, -0.2) is 28.6 Å². The van der Waals surface area contributed by atoms with E-state index in [2.05, 4.69) is 22.5 Å². The van der Waals surface area contributed by atoms with Crippen LogP contribution >= 0.6 is 11.8 Å². The molecule has 1 aromatic heterocycles. The molecule has 1 fully saturated rings. The van der Waals surface area contributed by atoms with E-state index >= 15 is 0 Å². The molecule has 1 aliphatic carbocycles. The van der Waals surface area contributed by atoms with Crippen molar-refractivity contribution in [3.8, 4) is 0 Å². The Hall–Kier alpha value is -1.04. The summed E-state index contributed by atoms with van der Waals surface area (Å²) in [5.74, 6) is 0.0744. The van der Waals surface area contributed by atoms with Gasteiger partial charge in [0.1, 0.15) is 0 Å². The van der Waals surface area contributed by atoms with Crippen LogP contribution in [0.2, 0.25) is 0 Å². The second-order valence-electron chi connectivity index (χ2n) is 4.91. The van der Waals surface area contributed by atoms with Gasteiger partial charge in [-0.05, 0) is 31.9 Å². The van der Waals surface area contributed by atoms with E-state index in [9.17, 15) is 8.78 Å². The summed E-state index contributed by atoms with van der Waals surface area (Å²) in [6.45, 7) is 4.55. The van der Waals surface area contributed by atoms with Crippen LogP contribution in [0.25, 0.3) is 0 Å². The first-order valence-corrected chi connectivity index (χ1v) is 8.17. The highest BCUT2D eigenvalue weighted by molar-refractivity contribution is 7.99. The Kier molecular flexibility index (Phi) is 5.46. The molecular weight excluding hydrogens is 280 g/mol. The van der Waals surface area contributed by atoms with E-state index in [1.54, 1.807) is 0 Å². The Morgan fingerprint density at radius 2 is 2.00 bits per heavy atom. The molecule has 0 amide bonds. The highest BCUT2D eigenvalue weighted by Gasteiger charge is 2.25. The van der Waals surface area contributed by atoms with Crippen LogP contribution in [0.5, 0.6) is 0 Å². The first-order chi connectivity index (χ1) is 9.63. The van der Waals surface area contributed by atoms with Gasteiger partial charge >= 0.3 is 0 Å². The molecule has 1 saturated carbocycles. The predicted molar refractivity (Wildman–Crippen MR) is 81.5 cm³/mol. The van der Waals surface area contributed by atoms with Gasteiger partial charge in [0.25, 0.3) is 0 Å². The third-order valence-corrected chi connectivity index (χ3v) is 4.63. The van der Waals surface area contributed by atoms with E-state index in [0.717, 1.165) is 31.1 Å². The molecule has 112 valence electrons. The van der Waals surface area contributed by atoms with Crippen LogP contribution < -0.4 is 10.6 Å². The van der Waals surface area contributed by atoms with Crippen molar-refractivity contribution in [1.29, 1.82) is 0 Å². The highest BCUT2D eigenvalue weighted by atomic mass is 32.2. The van der Waals surface area contributed by atoms with Crippen molar-refractivity contribution in [2.75, 3.05) is 22.9 Å². The van der Waals surface area contributed by atoms with Crippen molar-refractivity contribution < 1.29 is 8.78 Å². The normalized spacial score (nSPS) is 22.0. The Morgan fingerprint density at radius 3 is 2.70 bits per heavy atom. The van der Waals surface area contributed by atoms with Crippen LogP contribution in [0.3, 0.4) is 0 Å². The lowest BCUT2D eigenvalue weighted by molar-refractivity contribution is 0.575. The number of anilines is 2. The summed E-state index contributed by atoms with van der Waals surface area (Å²) in [4.78, 5) is 4.02. The summed E-state index contributed by atoms with van der Waals surface area (Å²) in [5.41, 5.74) is 0. The summed E-state index contributed by atoms with van der Waals surface area (Å²) in [6, 6.07) is 1.11. The number of rotatable bonds is 6. The SMILES string of the molecule is CCNc1nc(NC2CCC(SCC)C2)c(F)cc1F. The predicted octanol–water partition coefficient (Wildman–Crippen LogP) is 3.88. The van der Waals surface area contributed by atoms with E-state index in [1.807, 2.05) is 18.7 Å². The summed E-state index contributed by atoms with van der Waals surface area (Å²) in [7, 11) is 0. The van der Waals surface area contributed by atoms with Gasteiger partial charge in [-0.15, -0.1) is 0 Å². The minimum atomic E-state index is -0.652. The van der Waals surface area contributed by atoms with Crippen molar-refractivity contribution in [3.63, 3.8) is 0 Å². The molecule has 0 saturated heterocycles. The lowest BCUT2D eigenvalue weighted by atomic mass is 10.2. The Morgan fingerprint density at radius 1 is 1.25 bits per heavy atom. The lowest BCUT2D eigenvalue weighted by Gasteiger charge is -2.15. The van der Waals surface area contributed by atoms with Gasteiger partial charge in [-0.25, -0.2) is 13.8 Å². The first-order valence-electron chi connectivity index (χ1n) is 7.12. The molecule has 2 unspecified atom stereocenters. The van der Waals surface area contributed by atoms with E-state index in [0.29, 0.717) is 11.8 Å². The van der Waals surface area contributed by atoms with Crippen molar-refractivity contribution in [3.05, 3.63) is 17.7 Å². The number of nitrogens with zero attached hydrogens (tertiary/aromatic N) is 1. The Bertz CT molecular complexity index is 456. The maximum Gasteiger partial charge on any atom is 0.168 e. The van der Waals surface area contributed by atoms with Crippen LogP contribution in [0.1, 0.15) is 33.1 Å². The molecule has 0 spiro atoms. The summed E-state index contributed by atoms with van der Waals surface area (Å²) in [5, 5.41) is 6.55. The maximum atomic E-state index is 13.8. The smallest absolute Gasteiger partial charge is 0.168 e. The van der Waals surface area contributed by atoms with Gasteiger partial charge in [-0.3, -0.25) is 0 Å². The topological polar surface area (TPSA) is 37.0 Å². The standard InChI is InChI=1S/C14H21F2N3S/c1-3-17-13-11(15)8-12(16)14(19-13)18-9-5-6-10(7-9)20-4-2/h8-10H,3-7H2,1-2H3,(H2,17,18,19). The van der Waals surface area contributed by atoms with Crippen molar-refractivity contribution in [1.82, 2.24) is 4.98 Å². The number of halogens is 2. The molecule has 6 heteroatoms. The van der Waals surface area contributed by atoms with Crippen LogP contribution in [0, 0.1) is 11.6 Å². The van der Waals surface area contributed by atoms with Gasteiger partial charge in [-0.1, -0.05) is 6.92 Å². The van der Waals surface area contributed by atoms with Gasteiger partial charge < -0.3 is 10.6 Å². The van der Waals surface area contributed by atoms with Gasteiger partial charge in [-0.2, -0.15) is 11.8 Å². The number of thioether (sulfide) groups is 1. The number of hydrogen-bond donors (Lipinski definition) is 2. The zero-order valence-electron chi connectivity index (χ0n) is 11.9. The number of nitrogens with one attached hydrogen (secondary N) is 2. The molecule has 2 atom stereocenters. The zero-order chi connectivity index (χ0) is 14.5. The average molecular weight is 301 g/mol. The maximum absolute atomic E-state index is 13.8. The van der Waals surface area contributed by atoms with Gasteiger partial charge in [0.05, 0.1) is 0 Å². The molecule has 1 aliphatic rings. The molecular formula is C14H21F2N3S. The highest BCUT2D eigenvalue weighted by Crippen LogP contribution is 2.32. The molecule has 0 aliphatic heterocycles. The molecule has 0 aromatic carbocycles. The second kappa shape index (κ2) is 7.11. The van der Waals surface area contributed by atoms with Crippen molar-refractivity contribution in [2.24, 2.45) is 0 Å². The van der Waals surface area contributed by atoms with Crippen molar-refractivity contribution in [2.45, 2.75) is 44.4 Å². The monoisotopic (exact) mass is 301 g/mol. The van der Waals surface area contributed by atoms with Gasteiger partial charge in [0.15, 0.2) is 23.3 Å². The van der Waals surface area contributed by atoms with Crippen molar-refractivity contribution >= 4 is 23.4 Å². The molecule has 20 heavy (non-hydrogen) atoms. The number of aromatic nitrogens is 1. The minimum absolute atomic E-state index is 0.105. The molecule has 3 nitrogen and oxygen atoms in total. The largest absolute Gasteiger partial charge is 0.368 e. The van der Waals surface area contributed by atoms with Crippen LogP contribution in [0.4, 0.5) is 20.4 Å². The fourth-order valence-electron chi connectivity index (χ4n) is 2.51. The fraction of sp³-hybridized carbons (Fsp3) is 0.643. The molecule has 1 aromatic rings. The van der Waals surface area contributed by atoms with Gasteiger partial charge in [0, 0.05) is 23.9 Å². The van der Waals surface area contributed by atoms with E-state index in [4.69, 9.17) is 0 Å². The Balaban J connectivity index is 2.04. The third kappa shape index (κ3) is 3.75. The summed E-state index contributed by atoms with van der Waals surface area (Å²) >= 11 is 1.94. The molecule has 2 N–H and O–H groups in total. The number of hydrogen-bond acceptors (Lipinski definition) is 4. The number of pyridine rings is 1. The molecule has 0 radical (unpaired) electrons. The van der Waals surface area contributed by atoms with E-state index in [-0.39, 0.29) is 17.7 Å².